The number of ether oxygens (including phenoxy) is 5. The van der Waals surface area contributed by atoms with E-state index in [1.165, 1.54) is 70.6 Å². The van der Waals surface area contributed by atoms with Crippen molar-refractivity contribution in [2.45, 2.75) is 163 Å². The Balaban J connectivity index is 0.0000281. The predicted molar refractivity (Wildman–Crippen MR) is 286 cm³/mol. The van der Waals surface area contributed by atoms with Crippen molar-refractivity contribution >= 4 is 56.6 Å². The van der Waals surface area contributed by atoms with E-state index in [0.29, 0.717) is 46.5 Å². The number of aryl methyl sites for hydroxylation is 1. The Bertz CT molecular complexity index is 2110. The van der Waals surface area contributed by atoms with Crippen molar-refractivity contribution < 1.29 is 112 Å². The Labute approximate surface area is 502 Å². The summed E-state index contributed by atoms with van der Waals surface area (Å²) >= 11 is 1.12. The number of carbonyl (C=O) groups excluding carboxylic acids is 4. The molecule has 0 aliphatic rings. The standard InChI is InChI=1S/C57H85N5O11S.2Na/c1-6-8-10-12-14-16-17-18-20-22-24-26-28-47(56(65)66)42-52(63)72-39-37-70-34-32-62(49-29-30-51(45(3)41-49)60-61-55-50(44-58)46(4)54(59-5)74-55)31-33-69-35-36-71-38-40-73-53(64)43-48(57(67)68)27-25-23-21-19-15-13-11-9-7-2;;/h23-26,29-30,41,47-48H,6-22,27-28,31-40,42-43H2,1-4H3,(H,65,66)(H,67,68);;/q;2*+1/p-2/b25-23+,26-24+,61-60?;;. The van der Waals surface area contributed by atoms with Crippen molar-refractivity contribution in [1.82, 2.24) is 0 Å². The fourth-order valence-electron chi connectivity index (χ4n) is 7.83. The zero-order valence-corrected chi connectivity index (χ0v) is 51.6. The quantitative estimate of drug-likeness (QED) is 0.0208. The minimum atomic E-state index is -1.28. The fraction of sp³-hybridized carbons (Fsp3) is 0.649. The van der Waals surface area contributed by atoms with Crippen molar-refractivity contribution in [3.63, 3.8) is 0 Å². The van der Waals surface area contributed by atoms with E-state index in [4.69, 9.17) is 30.3 Å². The maximum absolute atomic E-state index is 12.5. The number of allylic oxidation sites excluding steroid dienone is 4. The van der Waals surface area contributed by atoms with Gasteiger partial charge in [-0.15, -0.1) is 21.6 Å². The van der Waals surface area contributed by atoms with Crippen LogP contribution < -0.4 is 74.2 Å². The fourth-order valence-corrected chi connectivity index (χ4v) is 8.70. The summed E-state index contributed by atoms with van der Waals surface area (Å²) in [7, 11) is 0. The zero-order valence-electron chi connectivity index (χ0n) is 46.8. The molecule has 0 radical (unpaired) electrons. The summed E-state index contributed by atoms with van der Waals surface area (Å²) in [5.74, 6) is -5.75. The van der Waals surface area contributed by atoms with Gasteiger partial charge in [0.15, 0.2) is 0 Å². The second kappa shape index (κ2) is 47.5. The predicted octanol–water partition coefficient (Wildman–Crippen LogP) is 5.23. The van der Waals surface area contributed by atoms with Gasteiger partial charge >= 0.3 is 71.1 Å². The second-order valence-corrected chi connectivity index (χ2v) is 19.4. The Hall–Kier alpha value is -3.46. The van der Waals surface area contributed by atoms with Crippen LogP contribution in [-0.2, 0) is 42.9 Å². The molecule has 0 spiro atoms. The van der Waals surface area contributed by atoms with Gasteiger partial charge in [0.1, 0.15) is 24.3 Å². The van der Waals surface area contributed by atoms with Crippen LogP contribution >= 0.6 is 11.3 Å². The molecule has 2 aromatic rings. The van der Waals surface area contributed by atoms with Gasteiger partial charge < -0.3 is 48.4 Å². The van der Waals surface area contributed by atoms with Gasteiger partial charge in [0, 0.05) is 42.6 Å². The first-order valence-corrected chi connectivity index (χ1v) is 27.7. The smallest absolute Gasteiger partial charge is 0.550 e. The Morgan fingerprint density at radius 3 is 1.55 bits per heavy atom. The number of esters is 2. The summed E-state index contributed by atoms with van der Waals surface area (Å²) in [6.07, 6.45) is 27.4. The summed E-state index contributed by atoms with van der Waals surface area (Å²) in [5.41, 5.74) is 3.15. The minimum Gasteiger partial charge on any atom is -0.550 e. The zero-order chi connectivity index (χ0) is 54.0. The van der Waals surface area contributed by atoms with E-state index in [-0.39, 0.29) is 131 Å². The van der Waals surface area contributed by atoms with Gasteiger partial charge in [-0.1, -0.05) is 122 Å². The van der Waals surface area contributed by atoms with Gasteiger partial charge in [0.05, 0.1) is 70.3 Å². The Kier molecular flexibility index (Phi) is 45.4. The molecule has 0 bridgehead atoms. The first-order chi connectivity index (χ1) is 35.9. The molecule has 19 heteroatoms. The number of nitrogens with zero attached hydrogens (tertiary/aromatic N) is 5. The van der Waals surface area contributed by atoms with Crippen LogP contribution in [0.25, 0.3) is 4.85 Å². The van der Waals surface area contributed by atoms with Crippen LogP contribution in [0.4, 0.5) is 21.4 Å². The van der Waals surface area contributed by atoms with Crippen LogP contribution in [0.2, 0.25) is 0 Å². The molecule has 2 rings (SSSR count). The molecule has 0 amide bonds. The van der Waals surface area contributed by atoms with E-state index in [9.17, 15) is 34.7 Å². The number of carbonyl (C=O) groups is 4. The largest absolute Gasteiger partial charge is 1.00 e. The second-order valence-electron chi connectivity index (χ2n) is 18.4. The number of azo groups is 1. The third kappa shape index (κ3) is 33.7. The number of unbranched alkanes of at least 4 members (excludes halogenated alkanes) is 15. The van der Waals surface area contributed by atoms with Gasteiger partial charge in [0.25, 0.3) is 0 Å². The number of thiophene rings is 1. The van der Waals surface area contributed by atoms with E-state index in [2.05, 4.69) is 39.9 Å². The SMILES string of the molecule is [C-]#[N+]c1sc(N=Nc2ccc(N(CCOCCOCCOC(=O)CC(C/C=C/CCCCCCCC)C(=O)[O-])CCOCCOC(=O)CC(C/C=C/CCCCCCCCCCC)C(=O)[O-])cc2C)c(C#N)c1C.[Na+].[Na+]. The van der Waals surface area contributed by atoms with Crippen molar-refractivity contribution in [3.8, 4) is 6.07 Å². The number of aliphatic carboxylic acids is 2. The maximum atomic E-state index is 12.5. The molecule has 410 valence electrons. The third-order valence-corrected chi connectivity index (χ3v) is 13.4. The third-order valence-electron chi connectivity index (χ3n) is 12.3. The molecule has 0 fully saturated rings. The van der Waals surface area contributed by atoms with Crippen molar-refractivity contribution in [2.24, 2.45) is 22.1 Å². The van der Waals surface area contributed by atoms with Crippen LogP contribution in [0.1, 0.15) is 165 Å². The van der Waals surface area contributed by atoms with Crippen molar-refractivity contribution in [2.75, 3.05) is 70.8 Å². The average molecular weight is 1090 g/mol. The molecule has 0 saturated carbocycles. The van der Waals surface area contributed by atoms with Crippen molar-refractivity contribution in [1.29, 1.82) is 5.26 Å². The van der Waals surface area contributed by atoms with Crippen LogP contribution in [0.15, 0.2) is 52.7 Å². The number of anilines is 1. The molecule has 76 heavy (non-hydrogen) atoms. The molecular weight excluding hydrogens is 1010 g/mol. The number of hydrogen-bond donors (Lipinski definition) is 0. The van der Waals surface area contributed by atoms with E-state index in [0.717, 1.165) is 61.1 Å². The molecular formula is C57H83N5Na2O11S. The van der Waals surface area contributed by atoms with Gasteiger partial charge in [-0.2, -0.15) is 5.26 Å². The normalized spacial score (nSPS) is 12.0. The molecule has 1 heterocycles. The molecule has 2 unspecified atom stereocenters. The molecule has 16 nitrogen and oxygen atoms in total. The molecule has 0 saturated heterocycles. The van der Waals surface area contributed by atoms with E-state index < -0.39 is 35.7 Å². The number of rotatable bonds is 45. The number of carboxylic acids is 2. The summed E-state index contributed by atoms with van der Waals surface area (Å²) in [4.78, 5) is 53.8. The van der Waals surface area contributed by atoms with Crippen LogP contribution in [0, 0.1) is 43.6 Å². The summed E-state index contributed by atoms with van der Waals surface area (Å²) in [6, 6.07) is 7.75. The molecule has 1 aromatic carbocycles. The van der Waals surface area contributed by atoms with Gasteiger partial charge in [-0.05, 0) is 81.7 Å². The van der Waals surface area contributed by atoms with Crippen LogP contribution in [0.5, 0.6) is 0 Å². The first kappa shape index (κ1) is 72.5. The minimum absolute atomic E-state index is 0. The average Bonchev–Trinajstić information content (AvgIpc) is 3.70. The number of nitriles is 1. The Morgan fingerprint density at radius 2 is 1.12 bits per heavy atom. The molecule has 0 N–H and O–H groups in total. The first-order valence-electron chi connectivity index (χ1n) is 26.9. The van der Waals surface area contributed by atoms with Gasteiger partial charge in [-0.3, -0.25) is 9.59 Å². The van der Waals surface area contributed by atoms with Crippen LogP contribution in [0.3, 0.4) is 0 Å². The van der Waals surface area contributed by atoms with E-state index in [1.54, 1.807) is 13.0 Å². The topological polar surface area (TPSA) is 217 Å². The molecule has 2 atom stereocenters. The van der Waals surface area contributed by atoms with Gasteiger partial charge in [-0.25, -0.2) is 4.85 Å². The van der Waals surface area contributed by atoms with Crippen molar-refractivity contribution in [3.05, 3.63) is 70.6 Å². The summed E-state index contributed by atoms with van der Waals surface area (Å²) < 4.78 is 27.8. The number of hydrogen-bond acceptors (Lipinski definition) is 16. The molecule has 0 aliphatic carbocycles. The van der Waals surface area contributed by atoms with E-state index in [1.807, 2.05) is 43.4 Å². The summed E-state index contributed by atoms with van der Waals surface area (Å²) in [5, 5.41) is 42.5. The number of benzene rings is 1. The monoisotopic (exact) mass is 1090 g/mol. The summed E-state index contributed by atoms with van der Waals surface area (Å²) in [6.45, 7) is 17.5. The van der Waals surface area contributed by atoms with Gasteiger partial charge in [0.2, 0.25) is 5.00 Å². The molecule has 1 aromatic heterocycles. The number of carboxylic acid groups (broad SMARTS) is 2. The maximum Gasteiger partial charge on any atom is 1.00 e. The van der Waals surface area contributed by atoms with E-state index >= 15 is 0 Å². The Morgan fingerprint density at radius 1 is 0.671 bits per heavy atom. The van der Waals surface area contributed by atoms with Crippen LogP contribution in [-0.4, -0.2) is 89.8 Å². The molecule has 0 aliphatic heterocycles.